The Morgan fingerprint density at radius 3 is 2.03 bits per heavy atom. The van der Waals surface area contributed by atoms with E-state index < -0.39 is 6.23 Å². The van der Waals surface area contributed by atoms with Crippen molar-refractivity contribution >= 4 is 101 Å². The summed E-state index contributed by atoms with van der Waals surface area (Å²) in [4.78, 5) is 34.3. The topological polar surface area (TPSA) is 64.1 Å². The molecular formula is C62H49N3O3. The van der Waals surface area contributed by atoms with Crippen molar-refractivity contribution < 1.29 is 14.7 Å². The number of carbonyl (C=O) groups excluding carboxylic acids is 2. The first-order valence-electron chi connectivity index (χ1n) is 23.4. The van der Waals surface area contributed by atoms with E-state index in [0.717, 1.165) is 103 Å². The highest BCUT2D eigenvalue weighted by Gasteiger charge is 2.43. The van der Waals surface area contributed by atoms with Crippen molar-refractivity contribution in [1.29, 1.82) is 0 Å². The van der Waals surface area contributed by atoms with Gasteiger partial charge < -0.3 is 14.9 Å². The molecule has 12 rings (SSSR count). The fraction of sp³-hybridized carbons (Fsp3) is 0.129. The highest BCUT2D eigenvalue weighted by Crippen LogP contribution is 2.46. The molecule has 2 atom stereocenters. The fourth-order valence-corrected chi connectivity index (χ4v) is 12.1. The average molecular weight is 884 g/mol. The van der Waals surface area contributed by atoms with Crippen molar-refractivity contribution in [1.82, 2.24) is 9.80 Å². The van der Waals surface area contributed by atoms with Gasteiger partial charge in [-0.15, -0.1) is 0 Å². The number of hydrogen-bond acceptors (Lipinski definition) is 5. The van der Waals surface area contributed by atoms with E-state index in [1.165, 1.54) is 15.9 Å². The number of aliphatic hydroxyl groups is 1. The van der Waals surface area contributed by atoms with Crippen LogP contribution in [0.2, 0.25) is 0 Å². The summed E-state index contributed by atoms with van der Waals surface area (Å²) in [5.41, 5.74) is 8.94. The quantitative estimate of drug-likeness (QED) is 0.141. The average Bonchev–Trinajstić information content (AvgIpc) is 3.43. The molecule has 4 bridgehead atoms. The van der Waals surface area contributed by atoms with Gasteiger partial charge in [0.05, 0.1) is 17.1 Å². The molecule has 68 heavy (non-hydrogen) atoms. The van der Waals surface area contributed by atoms with Gasteiger partial charge in [0, 0.05) is 29.1 Å². The largest absolute Gasteiger partial charge is 0.369 e. The van der Waals surface area contributed by atoms with Crippen molar-refractivity contribution in [2.75, 3.05) is 11.9 Å². The van der Waals surface area contributed by atoms with Crippen LogP contribution in [-0.2, 0) is 6.42 Å². The number of carbonyl (C=O) groups is 2. The van der Waals surface area contributed by atoms with Gasteiger partial charge in [-0.3, -0.25) is 9.59 Å². The lowest BCUT2D eigenvalue weighted by Gasteiger charge is -2.35. The Labute approximate surface area is 394 Å². The van der Waals surface area contributed by atoms with Gasteiger partial charge in [0.25, 0.3) is 11.8 Å². The molecule has 330 valence electrons. The summed E-state index contributed by atoms with van der Waals surface area (Å²) in [6, 6.07) is 38.6. The molecule has 8 aromatic carbocycles. The van der Waals surface area contributed by atoms with Crippen LogP contribution in [0.1, 0.15) is 63.0 Å². The van der Waals surface area contributed by atoms with Crippen molar-refractivity contribution in [3.8, 4) is 0 Å². The van der Waals surface area contributed by atoms with Crippen molar-refractivity contribution in [3.05, 3.63) is 212 Å². The third kappa shape index (κ3) is 5.55. The molecule has 3 heterocycles. The Hall–Kier alpha value is -8.06. The zero-order valence-electron chi connectivity index (χ0n) is 38.8. The third-order valence-electron chi connectivity index (χ3n) is 15.2. The number of anilines is 1. The van der Waals surface area contributed by atoms with Gasteiger partial charge in [0.2, 0.25) is 0 Å². The Kier molecular flexibility index (Phi) is 9.27. The number of aliphatic hydroxyl groups excluding tert-OH is 1. The van der Waals surface area contributed by atoms with Crippen LogP contribution in [0, 0.1) is 13.8 Å². The van der Waals surface area contributed by atoms with E-state index in [-0.39, 0.29) is 18.0 Å². The maximum absolute atomic E-state index is 14.3. The van der Waals surface area contributed by atoms with Gasteiger partial charge in [-0.1, -0.05) is 128 Å². The second-order valence-corrected chi connectivity index (χ2v) is 18.5. The molecule has 6 heteroatoms. The number of fused-ring (bicyclic) bond motifs is 11. The van der Waals surface area contributed by atoms with Crippen molar-refractivity contribution in [3.63, 3.8) is 0 Å². The summed E-state index contributed by atoms with van der Waals surface area (Å²) in [5, 5.41) is 27.8. The van der Waals surface area contributed by atoms with Crippen LogP contribution < -0.4 is 20.6 Å². The number of para-hydroxylation sites is 1. The molecule has 0 spiro atoms. The maximum atomic E-state index is 14.3. The molecule has 8 aromatic rings. The number of likely N-dealkylation sites (N-methyl/N-ethyl adjacent to an activating group) is 1. The monoisotopic (exact) mass is 883 g/mol. The molecule has 6 nitrogen and oxygen atoms in total. The Morgan fingerprint density at radius 2 is 1.31 bits per heavy atom. The van der Waals surface area contributed by atoms with E-state index in [0.29, 0.717) is 28.6 Å². The first kappa shape index (κ1) is 41.4. The molecule has 4 aliphatic rings. The SMILES string of the molecule is C=CC1=C(/C=C\C)N2C(O)c3ccc4/c(=C/C)c5c(ccc6cccc7c(C)c(C)c(cccc8ccc9c%10c(ccc7c8%10)C(=O)N(c7ccccc7)C9=O)c(=C)c65)c5c4c3CC(=CC=5)C2N1C. The maximum Gasteiger partial charge on any atom is 0.265 e. The van der Waals surface area contributed by atoms with Crippen LogP contribution in [0.4, 0.5) is 5.69 Å². The molecule has 0 saturated heterocycles. The summed E-state index contributed by atoms with van der Waals surface area (Å²) < 4.78 is 0. The summed E-state index contributed by atoms with van der Waals surface area (Å²) in [7, 11) is 2.09. The second kappa shape index (κ2) is 15.2. The number of benzene rings is 6. The number of hydrogen-bond donors (Lipinski definition) is 1. The van der Waals surface area contributed by atoms with Gasteiger partial charge in [-0.2, -0.15) is 0 Å². The molecule has 2 unspecified atom stereocenters. The molecule has 0 saturated carbocycles. The summed E-state index contributed by atoms with van der Waals surface area (Å²) in [5.74, 6) is -0.661. The zero-order chi connectivity index (χ0) is 46.9. The van der Waals surface area contributed by atoms with Crippen LogP contribution >= 0.6 is 0 Å². The molecule has 0 radical (unpaired) electrons. The molecule has 1 aliphatic carbocycles. The molecule has 0 aromatic heterocycles. The normalized spacial score (nSPS) is 17.8. The predicted octanol–water partition coefficient (Wildman–Crippen LogP) is 11.5. The van der Waals surface area contributed by atoms with E-state index in [9.17, 15) is 14.7 Å². The van der Waals surface area contributed by atoms with Gasteiger partial charge in [0.15, 0.2) is 6.23 Å². The minimum atomic E-state index is -0.862. The lowest BCUT2D eigenvalue weighted by Crippen LogP contribution is -2.41. The second-order valence-electron chi connectivity index (χ2n) is 18.5. The van der Waals surface area contributed by atoms with Crippen molar-refractivity contribution in [2.45, 2.75) is 46.5 Å². The predicted molar refractivity (Wildman–Crippen MR) is 282 cm³/mol. The number of allylic oxidation sites excluding steroid dienone is 4. The molecule has 3 aliphatic heterocycles. The number of rotatable bonds is 3. The van der Waals surface area contributed by atoms with E-state index in [4.69, 9.17) is 6.58 Å². The minimum Gasteiger partial charge on any atom is -0.369 e. The Bertz CT molecular complexity index is 4040. The van der Waals surface area contributed by atoms with Crippen LogP contribution in [-0.4, -0.2) is 39.9 Å². The Balaban J connectivity index is 1.16. The third-order valence-corrected chi connectivity index (χ3v) is 15.2. The van der Waals surface area contributed by atoms with Gasteiger partial charge in [-0.05, 0) is 168 Å². The number of imide groups is 1. The number of nitrogens with zero attached hydrogens (tertiary/aromatic N) is 3. The van der Waals surface area contributed by atoms with Crippen LogP contribution in [0.25, 0.3) is 83.4 Å². The standard InChI is InChI=1S/C62H49N3O3/c1-8-16-53-52(10-3)63(7)59-39-25-27-46-47-26-23-37-17-15-22-43-35(5)34(4)42(36(6)54(37)57(47)41(9-2)44-29-31-48(60(66)65(53)59)51(33-39)56(44)46)21-14-18-38-24-28-49-58-50(32-30-45(43)55(38)58)62(68)64(61(49)67)40-19-12-11-13-20-40/h8-32,59-60,66H,3,6,33H2,1-2,4-5,7H3/b16-8-,17-15?,18-14?,35-34?,41-9-,42-21?,43-22?. The summed E-state index contributed by atoms with van der Waals surface area (Å²) >= 11 is 0. The van der Waals surface area contributed by atoms with E-state index in [1.807, 2.05) is 61.5 Å². The molecule has 1 N–H and O–H groups in total. The molecular weight excluding hydrogens is 835 g/mol. The van der Waals surface area contributed by atoms with Gasteiger partial charge in [-0.25, -0.2) is 4.90 Å². The van der Waals surface area contributed by atoms with E-state index >= 15 is 0 Å². The van der Waals surface area contributed by atoms with Crippen LogP contribution in [0.3, 0.4) is 0 Å². The van der Waals surface area contributed by atoms with Crippen LogP contribution in [0.5, 0.6) is 0 Å². The molecule has 2 amide bonds. The van der Waals surface area contributed by atoms with Crippen LogP contribution in [0.15, 0.2) is 163 Å². The van der Waals surface area contributed by atoms with Gasteiger partial charge >= 0.3 is 0 Å². The summed E-state index contributed by atoms with van der Waals surface area (Å²) in [6.45, 7) is 17.6. The first-order chi connectivity index (χ1) is 33.1. The zero-order valence-corrected chi connectivity index (χ0v) is 38.8. The van der Waals surface area contributed by atoms with E-state index in [1.54, 1.807) is 12.1 Å². The van der Waals surface area contributed by atoms with Crippen molar-refractivity contribution in [2.24, 2.45) is 0 Å². The lowest BCUT2D eigenvalue weighted by atomic mass is 9.87. The fourth-order valence-electron chi connectivity index (χ4n) is 12.1. The first-order valence-corrected chi connectivity index (χ1v) is 23.4. The number of aryl methyl sites for hydroxylation is 2. The lowest BCUT2D eigenvalue weighted by molar-refractivity contribution is -0.00318. The molecule has 0 fully saturated rings. The van der Waals surface area contributed by atoms with Gasteiger partial charge in [0.1, 0.15) is 6.17 Å². The highest BCUT2D eigenvalue weighted by molar-refractivity contribution is 6.38. The highest BCUT2D eigenvalue weighted by atomic mass is 16.3. The van der Waals surface area contributed by atoms with E-state index in [2.05, 4.69) is 129 Å². The smallest absolute Gasteiger partial charge is 0.265 e. The number of amides is 2. The Morgan fingerprint density at radius 1 is 0.647 bits per heavy atom. The minimum absolute atomic E-state index is 0.184. The summed E-state index contributed by atoms with van der Waals surface area (Å²) in [6.07, 6.45) is 12.5.